The van der Waals surface area contributed by atoms with Gasteiger partial charge in [0.15, 0.2) is 0 Å². The van der Waals surface area contributed by atoms with E-state index in [0.29, 0.717) is 6.54 Å². The number of aromatic amines is 2. The van der Waals surface area contributed by atoms with Gasteiger partial charge in [-0.15, -0.1) is 0 Å². The summed E-state index contributed by atoms with van der Waals surface area (Å²) in [5, 5.41) is 2.80. The van der Waals surface area contributed by atoms with Crippen LogP contribution in [0, 0.1) is 5.92 Å². The molecule has 2 unspecified atom stereocenters. The van der Waals surface area contributed by atoms with E-state index in [1.165, 1.54) is 0 Å². The number of carbonyl (C=O) groups is 1. The summed E-state index contributed by atoms with van der Waals surface area (Å²) in [5.41, 5.74) is 4.23. The predicted molar refractivity (Wildman–Crippen MR) is 65.3 cm³/mol. The zero-order chi connectivity index (χ0) is 13.1. The van der Waals surface area contributed by atoms with Crippen molar-refractivity contribution in [3.63, 3.8) is 0 Å². The van der Waals surface area contributed by atoms with Gasteiger partial charge < -0.3 is 16.0 Å². The predicted octanol–water partition coefficient (Wildman–Crippen LogP) is -1.08. The minimum absolute atomic E-state index is 0.00817. The van der Waals surface area contributed by atoms with Crippen molar-refractivity contribution in [3.05, 3.63) is 32.6 Å². The number of nitrogens with one attached hydrogen (secondary N) is 3. The highest BCUT2D eigenvalue weighted by molar-refractivity contribution is 5.93. The summed E-state index contributed by atoms with van der Waals surface area (Å²) in [6.07, 6.45) is 4.01. The van der Waals surface area contributed by atoms with Crippen LogP contribution in [-0.4, -0.2) is 28.5 Å². The summed E-state index contributed by atoms with van der Waals surface area (Å²) in [6, 6.07) is 0.00817. The van der Waals surface area contributed by atoms with Crippen LogP contribution >= 0.6 is 0 Å². The fourth-order valence-electron chi connectivity index (χ4n) is 2.33. The Bertz CT molecular complexity index is 548. The highest BCUT2D eigenvalue weighted by Gasteiger charge is 2.28. The average Bonchev–Trinajstić information content (AvgIpc) is 2.76. The lowest BCUT2D eigenvalue weighted by Crippen LogP contribution is -2.42. The largest absolute Gasteiger partial charge is 0.349 e. The molecule has 7 heteroatoms. The third-order valence-corrected chi connectivity index (χ3v) is 3.34. The van der Waals surface area contributed by atoms with E-state index in [9.17, 15) is 14.4 Å². The third kappa shape index (κ3) is 2.51. The van der Waals surface area contributed by atoms with Gasteiger partial charge in [0.25, 0.3) is 11.5 Å². The Labute approximate surface area is 103 Å². The molecule has 0 aliphatic heterocycles. The molecule has 0 spiro atoms. The first-order chi connectivity index (χ1) is 8.61. The molecule has 0 aromatic carbocycles. The van der Waals surface area contributed by atoms with E-state index in [1.54, 1.807) is 0 Å². The van der Waals surface area contributed by atoms with Gasteiger partial charge in [-0.25, -0.2) is 4.79 Å². The molecule has 2 atom stereocenters. The van der Waals surface area contributed by atoms with Gasteiger partial charge in [-0.1, -0.05) is 6.42 Å². The smallest absolute Gasteiger partial charge is 0.325 e. The Morgan fingerprint density at radius 1 is 1.44 bits per heavy atom. The van der Waals surface area contributed by atoms with Crippen LogP contribution < -0.4 is 22.3 Å². The third-order valence-electron chi connectivity index (χ3n) is 3.34. The fourth-order valence-corrected chi connectivity index (χ4v) is 2.33. The molecule has 1 heterocycles. The maximum Gasteiger partial charge on any atom is 0.325 e. The second-order valence-corrected chi connectivity index (χ2v) is 4.49. The number of hydrogen-bond acceptors (Lipinski definition) is 4. The molecule has 1 aromatic rings. The summed E-state index contributed by atoms with van der Waals surface area (Å²) in [7, 11) is 0. The molecule has 1 aliphatic rings. The molecular formula is C11H16N4O3. The van der Waals surface area contributed by atoms with Gasteiger partial charge >= 0.3 is 5.69 Å². The van der Waals surface area contributed by atoms with Crippen LogP contribution in [0.5, 0.6) is 0 Å². The van der Waals surface area contributed by atoms with Crippen LogP contribution in [0.3, 0.4) is 0 Å². The molecule has 1 fully saturated rings. The lowest BCUT2D eigenvalue weighted by atomic mass is 10.0. The number of carbonyl (C=O) groups excluding carboxylic acids is 1. The molecule has 98 valence electrons. The van der Waals surface area contributed by atoms with Crippen LogP contribution in [0.15, 0.2) is 15.8 Å². The molecule has 1 aromatic heterocycles. The van der Waals surface area contributed by atoms with E-state index in [0.717, 1.165) is 25.5 Å². The molecule has 18 heavy (non-hydrogen) atoms. The molecule has 0 radical (unpaired) electrons. The van der Waals surface area contributed by atoms with Gasteiger partial charge in [0, 0.05) is 12.2 Å². The monoisotopic (exact) mass is 252 g/mol. The number of nitrogens with two attached hydrogens (primary N) is 1. The SMILES string of the molecule is NCC1CCCC1NC(=O)c1c[nH]c(=O)[nH]c1=O. The summed E-state index contributed by atoms with van der Waals surface area (Å²) < 4.78 is 0. The Morgan fingerprint density at radius 3 is 2.89 bits per heavy atom. The van der Waals surface area contributed by atoms with Gasteiger partial charge in [0.05, 0.1) is 0 Å². The lowest BCUT2D eigenvalue weighted by Gasteiger charge is -2.19. The van der Waals surface area contributed by atoms with Crippen molar-refractivity contribution in [2.45, 2.75) is 25.3 Å². The number of aromatic nitrogens is 2. The number of H-pyrrole nitrogens is 2. The van der Waals surface area contributed by atoms with Crippen molar-refractivity contribution in [2.75, 3.05) is 6.54 Å². The molecule has 0 saturated heterocycles. The van der Waals surface area contributed by atoms with Crippen LogP contribution in [0.25, 0.3) is 0 Å². The standard InChI is InChI=1S/C11H16N4O3/c12-4-6-2-1-3-8(6)14-9(16)7-5-13-11(18)15-10(7)17/h5-6,8H,1-4,12H2,(H,14,16)(H2,13,15,17,18). The van der Waals surface area contributed by atoms with Crippen molar-refractivity contribution in [1.29, 1.82) is 0 Å². The van der Waals surface area contributed by atoms with Crippen molar-refractivity contribution in [1.82, 2.24) is 15.3 Å². The van der Waals surface area contributed by atoms with Gasteiger partial charge in [-0.2, -0.15) is 0 Å². The zero-order valence-electron chi connectivity index (χ0n) is 9.86. The van der Waals surface area contributed by atoms with E-state index >= 15 is 0 Å². The number of rotatable bonds is 3. The van der Waals surface area contributed by atoms with Crippen LogP contribution in [0.4, 0.5) is 0 Å². The summed E-state index contributed by atoms with van der Waals surface area (Å²) in [6.45, 7) is 0.521. The Kier molecular flexibility index (Phi) is 3.61. The molecule has 0 bridgehead atoms. The van der Waals surface area contributed by atoms with Crippen molar-refractivity contribution < 1.29 is 4.79 Å². The second-order valence-electron chi connectivity index (χ2n) is 4.49. The Balaban J connectivity index is 2.12. The van der Waals surface area contributed by atoms with Crippen LogP contribution in [0.2, 0.25) is 0 Å². The van der Waals surface area contributed by atoms with E-state index in [2.05, 4.69) is 10.3 Å². The molecule has 1 amide bonds. The highest BCUT2D eigenvalue weighted by atomic mass is 16.2. The molecule has 1 saturated carbocycles. The van der Waals surface area contributed by atoms with Crippen molar-refractivity contribution >= 4 is 5.91 Å². The minimum Gasteiger partial charge on any atom is -0.349 e. The highest BCUT2D eigenvalue weighted by Crippen LogP contribution is 2.24. The second kappa shape index (κ2) is 5.18. The van der Waals surface area contributed by atoms with E-state index < -0.39 is 17.2 Å². The average molecular weight is 252 g/mol. The number of amides is 1. The quantitative estimate of drug-likeness (QED) is 0.546. The summed E-state index contributed by atoms with van der Waals surface area (Å²) >= 11 is 0. The summed E-state index contributed by atoms with van der Waals surface area (Å²) in [4.78, 5) is 38.5. The fraction of sp³-hybridized carbons (Fsp3) is 0.545. The first-order valence-corrected chi connectivity index (χ1v) is 5.94. The van der Waals surface area contributed by atoms with Gasteiger partial charge in [0.2, 0.25) is 0 Å². The first-order valence-electron chi connectivity index (χ1n) is 5.94. The summed E-state index contributed by atoms with van der Waals surface area (Å²) in [5.74, 6) is -0.214. The lowest BCUT2D eigenvalue weighted by molar-refractivity contribution is 0.0926. The van der Waals surface area contributed by atoms with Gasteiger partial charge in [-0.05, 0) is 25.3 Å². The maximum atomic E-state index is 11.9. The van der Waals surface area contributed by atoms with Crippen LogP contribution in [0.1, 0.15) is 29.6 Å². The molecule has 2 rings (SSSR count). The van der Waals surface area contributed by atoms with Gasteiger partial charge in [0.1, 0.15) is 5.56 Å². The van der Waals surface area contributed by atoms with Crippen molar-refractivity contribution in [2.24, 2.45) is 11.7 Å². The first kappa shape index (κ1) is 12.6. The molecule has 7 nitrogen and oxygen atoms in total. The number of hydrogen-bond donors (Lipinski definition) is 4. The normalized spacial score (nSPS) is 22.9. The van der Waals surface area contributed by atoms with E-state index in [4.69, 9.17) is 5.73 Å². The maximum absolute atomic E-state index is 11.9. The van der Waals surface area contributed by atoms with Crippen LogP contribution in [-0.2, 0) is 0 Å². The molecular weight excluding hydrogens is 236 g/mol. The van der Waals surface area contributed by atoms with E-state index in [-0.39, 0.29) is 17.5 Å². The topological polar surface area (TPSA) is 121 Å². The van der Waals surface area contributed by atoms with Gasteiger partial charge in [-0.3, -0.25) is 14.6 Å². The van der Waals surface area contributed by atoms with Crippen molar-refractivity contribution in [3.8, 4) is 0 Å². The molecule has 5 N–H and O–H groups in total. The van der Waals surface area contributed by atoms with E-state index in [1.807, 2.05) is 4.98 Å². The zero-order valence-corrected chi connectivity index (χ0v) is 9.86. The minimum atomic E-state index is -0.682. The molecule has 1 aliphatic carbocycles. The Morgan fingerprint density at radius 2 is 2.22 bits per heavy atom. The Hall–Kier alpha value is -1.89.